The summed E-state index contributed by atoms with van der Waals surface area (Å²) in [5.41, 5.74) is 0.551. The maximum Gasteiger partial charge on any atom is 0.242 e. The summed E-state index contributed by atoms with van der Waals surface area (Å²) >= 11 is 7.25. The number of rotatable bonds is 6. The molecular weight excluding hydrogens is 320 g/mol. The molecule has 0 amide bonds. The SMILES string of the molecule is Cn1cc(S(=O)(=O)NCCc2ccc(Cl)s2)cc1CO. The van der Waals surface area contributed by atoms with Crippen LogP contribution in [0.2, 0.25) is 4.34 Å². The zero-order valence-electron chi connectivity index (χ0n) is 10.8. The van der Waals surface area contributed by atoms with Gasteiger partial charge in [-0.2, -0.15) is 0 Å². The van der Waals surface area contributed by atoms with E-state index in [1.165, 1.54) is 23.6 Å². The Balaban J connectivity index is 2.00. The van der Waals surface area contributed by atoms with E-state index in [0.29, 0.717) is 23.0 Å². The molecule has 0 radical (unpaired) electrons. The van der Waals surface area contributed by atoms with Gasteiger partial charge in [0, 0.05) is 30.4 Å². The summed E-state index contributed by atoms with van der Waals surface area (Å²) in [6, 6.07) is 5.14. The van der Waals surface area contributed by atoms with Crippen LogP contribution in [-0.2, 0) is 30.1 Å². The van der Waals surface area contributed by atoms with Gasteiger partial charge in [-0.3, -0.25) is 0 Å². The van der Waals surface area contributed by atoms with Crippen LogP contribution in [0.4, 0.5) is 0 Å². The summed E-state index contributed by atoms with van der Waals surface area (Å²) in [5, 5.41) is 9.08. The van der Waals surface area contributed by atoms with Gasteiger partial charge in [0.25, 0.3) is 0 Å². The minimum absolute atomic E-state index is 0.160. The molecule has 2 aromatic rings. The Bertz CT molecular complexity index is 691. The first-order chi connectivity index (χ1) is 9.42. The number of nitrogens with one attached hydrogen (secondary N) is 1. The van der Waals surface area contributed by atoms with E-state index >= 15 is 0 Å². The van der Waals surface area contributed by atoms with Gasteiger partial charge in [0.05, 0.1) is 15.8 Å². The highest BCUT2D eigenvalue weighted by Gasteiger charge is 2.16. The highest BCUT2D eigenvalue weighted by Crippen LogP contribution is 2.21. The normalized spacial score (nSPS) is 11.9. The molecule has 0 spiro atoms. The van der Waals surface area contributed by atoms with Gasteiger partial charge in [0.15, 0.2) is 0 Å². The molecule has 0 fully saturated rings. The molecule has 0 atom stereocenters. The lowest BCUT2D eigenvalue weighted by Gasteiger charge is -2.03. The van der Waals surface area contributed by atoms with Crippen LogP contribution >= 0.6 is 22.9 Å². The molecule has 5 nitrogen and oxygen atoms in total. The van der Waals surface area contributed by atoms with Crippen LogP contribution in [-0.4, -0.2) is 24.6 Å². The van der Waals surface area contributed by atoms with Crippen molar-refractivity contribution in [3.63, 3.8) is 0 Å². The summed E-state index contributed by atoms with van der Waals surface area (Å²) in [7, 11) is -1.85. The number of hydrogen-bond donors (Lipinski definition) is 2. The third-order valence-corrected chi connectivity index (χ3v) is 5.57. The summed E-state index contributed by atoms with van der Waals surface area (Å²) in [6.45, 7) is 0.113. The van der Waals surface area contributed by atoms with Crippen molar-refractivity contribution in [2.24, 2.45) is 7.05 Å². The summed E-state index contributed by atoms with van der Waals surface area (Å²) in [5.74, 6) is 0. The largest absolute Gasteiger partial charge is 0.390 e. The van der Waals surface area contributed by atoms with E-state index in [-0.39, 0.29) is 11.5 Å². The Hall–Kier alpha value is -0.860. The van der Waals surface area contributed by atoms with E-state index in [9.17, 15) is 8.42 Å². The van der Waals surface area contributed by atoms with E-state index in [4.69, 9.17) is 16.7 Å². The second kappa shape index (κ2) is 6.28. The van der Waals surface area contributed by atoms with Crippen LogP contribution in [0.3, 0.4) is 0 Å². The third-order valence-electron chi connectivity index (χ3n) is 2.85. The smallest absolute Gasteiger partial charge is 0.242 e. The molecule has 0 unspecified atom stereocenters. The van der Waals surface area contributed by atoms with Crippen molar-refractivity contribution >= 4 is 33.0 Å². The number of halogens is 1. The second-order valence-corrected chi connectivity index (χ2v) is 7.86. The van der Waals surface area contributed by atoms with Crippen molar-refractivity contribution in [3.05, 3.63) is 39.3 Å². The maximum absolute atomic E-state index is 12.1. The lowest BCUT2D eigenvalue weighted by Crippen LogP contribution is -2.25. The number of aliphatic hydroxyl groups is 1. The molecule has 20 heavy (non-hydrogen) atoms. The van der Waals surface area contributed by atoms with Gasteiger partial charge >= 0.3 is 0 Å². The fourth-order valence-corrected chi connectivity index (χ4v) is 3.97. The Labute approximate surface area is 126 Å². The predicted molar refractivity (Wildman–Crippen MR) is 79.6 cm³/mol. The van der Waals surface area contributed by atoms with Crippen LogP contribution in [0, 0.1) is 0 Å². The molecule has 110 valence electrons. The molecule has 0 aromatic carbocycles. The van der Waals surface area contributed by atoms with Crippen LogP contribution < -0.4 is 4.72 Å². The monoisotopic (exact) mass is 334 g/mol. The van der Waals surface area contributed by atoms with E-state index in [1.54, 1.807) is 17.7 Å². The lowest BCUT2D eigenvalue weighted by molar-refractivity contribution is 0.272. The van der Waals surface area contributed by atoms with Gasteiger partial charge in [-0.1, -0.05) is 11.6 Å². The zero-order valence-corrected chi connectivity index (χ0v) is 13.2. The highest BCUT2D eigenvalue weighted by atomic mass is 35.5. The number of aryl methyl sites for hydroxylation is 1. The Morgan fingerprint density at radius 3 is 2.75 bits per heavy atom. The molecule has 0 bridgehead atoms. The number of nitrogens with zero attached hydrogens (tertiary/aromatic N) is 1. The van der Waals surface area contributed by atoms with E-state index in [1.807, 2.05) is 6.07 Å². The Kier molecular flexibility index (Phi) is 4.87. The van der Waals surface area contributed by atoms with Gasteiger partial charge in [0.2, 0.25) is 10.0 Å². The van der Waals surface area contributed by atoms with Gasteiger partial charge in [0.1, 0.15) is 0 Å². The Morgan fingerprint density at radius 2 is 2.20 bits per heavy atom. The number of sulfonamides is 1. The molecule has 2 N–H and O–H groups in total. The van der Waals surface area contributed by atoms with E-state index < -0.39 is 10.0 Å². The topological polar surface area (TPSA) is 71.3 Å². The van der Waals surface area contributed by atoms with Crippen LogP contribution in [0.15, 0.2) is 29.3 Å². The van der Waals surface area contributed by atoms with E-state index in [0.717, 1.165) is 4.88 Å². The molecule has 8 heteroatoms. The maximum atomic E-state index is 12.1. The number of aromatic nitrogens is 1. The van der Waals surface area contributed by atoms with Crippen molar-refractivity contribution in [3.8, 4) is 0 Å². The van der Waals surface area contributed by atoms with Gasteiger partial charge in [-0.05, 0) is 24.6 Å². The average molecular weight is 335 g/mol. The average Bonchev–Trinajstić information content (AvgIpc) is 2.95. The fourth-order valence-electron chi connectivity index (χ4n) is 1.76. The third kappa shape index (κ3) is 3.62. The summed E-state index contributed by atoms with van der Waals surface area (Å²) < 4.78 is 29.0. The van der Waals surface area contributed by atoms with Crippen molar-refractivity contribution in [1.82, 2.24) is 9.29 Å². The molecule has 2 aromatic heterocycles. The first kappa shape index (κ1) is 15.5. The highest BCUT2D eigenvalue weighted by molar-refractivity contribution is 7.89. The molecule has 0 aliphatic rings. The minimum atomic E-state index is -3.55. The lowest BCUT2D eigenvalue weighted by atomic mass is 10.3. The quantitative estimate of drug-likeness (QED) is 0.845. The second-order valence-electron chi connectivity index (χ2n) is 4.29. The zero-order chi connectivity index (χ0) is 14.8. The standard InChI is InChI=1S/C12H15ClN2O3S2/c1-15-7-11(6-9(15)8-16)20(17,18)14-5-4-10-2-3-12(13)19-10/h2-3,6-7,14,16H,4-5,8H2,1H3. The van der Waals surface area contributed by atoms with Crippen LogP contribution in [0.25, 0.3) is 0 Å². The molecule has 2 rings (SSSR count). The first-order valence-electron chi connectivity index (χ1n) is 5.92. The Morgan fingerprint density at radius 1 is 1.45 bits per heavy atom. The number of aliphatic hydroxyl groups excluding tert-OH is 1. The van der Waals surface area contributed by atoms with Crippen molar-refractivity contribution in [2.75, 3.05) is 6.54 Å². The van der Waals surface area contributed by atoms with Crippen LogP contribution in [0.1, 0.15) is 10.6 Å². The molecular formula is C12H15ClN2O3S2. The van der Waals surface area contributed by atoms with Crippen molar-refractivity contribution in [1.29, 1.82) is 0 Å². The summed E-state index contributed by atoms with van der Waals surface area (Å²) in [6.07, 6.45) is 2.08. The molecule has 0 aliphatic heterocycles. The number of hydrogen-bond acceptors (Lipinski definition) is 4. The molecule has 0 saturated carbocycles. The van der Waals surface area contributed by atoms with Crippen molar-refractivity contribution < 1.29 is 13.5 Å². The molecule has 2 heterocycles. The van der Waals surface area contributed by atoms with Gasteiger partial charge in [-0.15, -0.1) is 11.3 Å². The number of thiophene rings is 1. The molecule has 0 aliphatic carbocycles. The minimum Gasteiger partial charge on any atom is -0.390 e. The van der Waals surface area contributed by atoms with Gasteiger partial charge < -0.3 is 9.67 Å². The van der Waals surface area contributed by atoms with Crippen LogP contribution in [0.5, 0.6) is 0 Å². The first-order valence-corrected chi connectivity index (χ1v) is 8.60. The van der Waals surface area contributed by atoms with E-state index in [2.05, 4.69) is 4.72 Å². The summed E-state index contributed by atoms with van der Waals surface area (Å²) in [4.78, 5) is 1.19. The van der Waals surface area contributed by atoms with Crippen molar-refractivity contribution in [2.45, 2.75) is 17.9 Å². The molecule has 0 saturated heterocycles. The fraction of sp³-hybridized carbons (Fsp3) is 0.333. The predicted octanol–water partition coefficient (Wildman–Crippen LogP) is 1.75. The van der Waals surface area contributed by atoms with Gasteiger partial charge in [-0.25, -0.2) is 13.1 Å².